The van der Waals surface area contributed by atoms with Crippen LogP contribution >= 0.6 is 11.3 Å². The molecule has 7 heteroatoms. The minimum atomic E-state index is -0.0871. The van der Waals surface area contributed by atoms with Gasteiger partial charge in [0.2, 0.25) is 11.0 Å². The maximum atomic E-state index is 11.1. The fourth-order valence-corrected chi connectivity index (χ4v) is 3.41. The van der Waals surface area contributed by atoms with Crippen molar-refractivity contribution < 1.29 is 4.79 Å². The number of fused-ring (bicyclic) bond motifs is 1. The molecule has 0 unspecified atom stereocenters. The second-order valence-corrected chi connectivity index (χ2v) is 6.81. The normalized spacial score (nSPS) is 11.1. The molecule has 3 N–H and O–H groups in total. The number of amides is 1. The maximum absolute atomic E-state index is 11.1. The third-order valence-electron chi connectivity index (χ3n) is 3.99. The van der Waals surface area contributed by atoms with E-state index >= 15 is 0 Å². The quantitative estimate of drug-likeness (QED) is 0.349. The molecule has 134 valence electrons. The summed E-state index contributed by atoms with van der Waals surface area (Å²) in [5, 5.41) is 10.9. The van der Waals surface area contributed by atoms with Crippen LogP contribution in [0.2, 0.25) is 0 Å². The molecule has 27 heavy (non-hydrogen) atoms. The zero-order chi connectivity index (χ0) is 18.6. The van der Waals surface area contributed by atoms with Crippen LogP contribution in [0.3, 0.4) is 0 Å². The van der Waals surface area contributed by atoms with Crippen molar-refractivity contribution in [1.29, 1.82) is 0 Å². The molecular weight excluding hydrogens is 358 g/mol. The number of benzene rings is 2. The van der Waals surface area contributed by atoms with Crippen molar-refractivity contribution in [3.63, 3.8) is 0 Å². The number of nitrogens with one attached hydrogen (secondary N) is 3. The van der Waals surface area contributed by atoms with Crippen molar-refractivity contribution >= 4 is 45.2 Å². The fraction of sp³-hybridized carbons (Fsp3) is 0.0500. The van der Waals surface area contributed by atoms with Crippen molar-refractivity contribution in [2.24, 2.45) is 5.10 Å². The van der Waals surface area contributed by atoms with E-state index in [-0.39, 0.29) is 5.91 Å². The van der Waals surface area contributed by atoms with Crippen LogP contribution in [-0.4, -0.2) is 22.1 Å². The Kier molecular flexibility index (Phi) is 4.67. The monoisotopic (exact) mass is 375 g/mol. The number of para-hydroxylation sites is 1. The van der Waals surface area contributed by atoms with Crippen LogP contribution in [0.4, 0.5) is 10.8 Å². The number of hydrazone groups is 1. The Balaban J connectivity index is 1.44. The molecule has 4 aromatic rings. The van der Waals surface area contributed by atoms with Crippen molar-refractivity contribution in [2.45, 2.75) is 6.92 Å². The van der Waals surface area contributed by atoms with Crippen molar-refractivity contribution in [1.82, 2.24) is 9.97 Å². The lowest BCUT2D eigenvalue weighted by atomic mass is 10.1. The zero-order valence-electron chi connectivity index (χ0n) is 14.6. The van der Waals surface area contributed by atoms with E-state index in [1.54, 1.807) is 6.21 Å². The number of hydrogen-bond donors (Lipinski definition) is 3. The highest BCUT2D eigenvalue weighted by Crippen LogP contribution is 2.26. The van der Waals surface area contributed by atoms with E-state index in [0.717, 1.165) is 33.4 Å². The van der Waals surface area contributed by atoms with Gasteiger partial charge in [-0.15, -0.1) is 11.3 Å². The highest BCUT2D eigenvalue weighted by Gasteiger charge is 2.05. The molecule has 0 saturated heterocycles. The number of nitrogens with zero attached hydrogens (tertiary/aromatic N) is 2. The van der Waals surface area contributed by atoms with Crippen molar-refractivity contribution in [2.75, 3.05) is 10.7 Å². The molecule has 0 aliphatic carbocycles. The van der Waals surface area contributed by atoms with Gasteiger partial charge in [-0.05, 0) is 18.2 Å². The van der Waals surface area contributed by atoms with E-state index in [4.69, 9.17) is 0 Å². The topological polar surface area (TPSA) is 82.2 Å². The molecule has 0 aliphatic heterocycles. The number of hydrogen-bond acceptors (Lipinski definition) is 5. The molecule has 0 fully saturated rings. The Morgan fingerprint density at radius 2 is 2.00 bits per heavy atom. The van der Waals surface area contributed by atoms with Crippen molar-refractivity contribution in [3.8, 4) is 11.3 Å². The molecule has 0 radical (unpaired) electrons. The second kappa shape index (κ2) is 7.43. The highest BCUT2D eigenvalue weighted by molar-refractivity contribution is 7.14. The summed E-state index contributed by atoms with van der Waals surface area (Å²) in [6.45, 7) is 1.49. The third-order valence-corrected chi connectivity index (χ3v) is 4.74. The van der Waals surface area contributed by atoms with Gasteiger partial charge in [0.1, 0.15) is 0 Å². The van der Waals surface area contributed by atoms with Gasteiger partial charge in [0.25, 0.3) is 0 Å². The van der Waals surface area contributed by atoms with Gasteiger partial charge in [0.05, 0.1) is 11.9 Å². The Morgan fingerprint density at radius 1 is 1.19 bits per heavy atom. The molecule has 0 aliphatic rings. The first-order chi connectivity index (χ1) is 13.2. The first kappa shape index (κ1) is 17.0. The number of carbonyl (C=O) groups excluding carboxylic acids is 1. The molecule has 2 aromatic carbocycles. The lowest BCUT2D eigenvalue weighted by Crippen LogP contribution is -2.05. The Morgan fingerprint density at radius 3 is 2.81 bits per heavy atom. The molecule has 0 saturated carbocycles. The summed E-state index contributed by atoms with van der Waals surface area (Å²) in [5.41, 5.74) is 7.69. The van der Waals surface area contributed by atoms with E-state index in [0.29, 0.717) is 5.13 Å². The lowest BCUT2D eigenvalue weighted by Gasteiger charge is -2.02. The minimum Gasteiger partial charge on any atom is -0.361 e. The minimum absolute atomic E-state index is 0.0871. The predicted molar refractivity (Wildman–Crippen MR) is 111 cm³/mol. The molecule has 2 aromatic heterocycles. The SMILES string of the molecule is CC(=O)Nc1ccc(-c2csc(N/N=C\c3c[nH]c4ccccc34)n2)cc1. The molecule has 2 heterocycles. The van der Waals surface area contributed by atoms with Crippen LogP contribution in [-0.2, 0) is 4.79 Å². The van der Waals surface area contributed by atoms with Crippen LogP contribution < -0.4 is 10.7 Å². The molecule has 0 atom stereocenters. The molecular formula is C20H17N5OS. The number of H-pyrrole nitrogens is 1. The summed E-state index contributed by atoms with van der Waals surface area (Å²) in [6.07, 6.45) is 3.71. The third kappa shape index (κ3) is 3.88. The molecule has 6 nitrogen and oxygen atoms in total. The summed E-state index contributed by atoms with van der Waals surface area (Å²) < 4.78 is 0. The highest BCUT2D eigenvalue weighted by atomic mass is 32.1. The maximum Gasteiger partial charge on any atom is 0.221 e. The average Bonchev–Trinajstić information content (AvgIpc) is 3.30. The lowest BCUT2D eigenvalue weighted by molar-refractivity contribution is -0.114. The second-order valence-electron chi connectivity index (χ2n) is 5.96. The predicted octanol–water partition coefficient (Wildman–Crippen LogP) is 4.70. The van der Waals surface area contributed by atoms with E-state index in [1.807, 2.05) is 54.0 Å². The smallest absolute Gasteiger partial charge is 0.221 e. The summed E-state index contributed by atoms with van der Waals surface area (Å²) in [7, 11) is 0. The van der Waals surface area contributed by atoms with Crippen LogP contribution in [0.5, 0.6) is 0 Å². The molecule has 1 amide bonds. The van der Waals surface area contributed by atoms with Gasteiger partial charge in [-0.3, -0.25) is 10.2 Å². The van der Waals surface area contributed by atoms with Gasteiger partial charge in [-0.25, -0.2) is 4.98 Å². The fourth-order valence-electron chi connectivity index (χ4n) is 2.74. The Bertz CT molecular complexity index is 1110. The average molecular weight is 375 g/mol. The standard InChI is InChI=1S/C20H17N5OS/c1-13(26)23-16-8-6-14(7-9-16)19-12-27-20(24-19)25-22-11-15-10-21-18-5-3-2-4-17(15)18/h2-12,21H,1H3,(H,23,26)(H,24,25)/b22-11-. The first-order valence-electron chi connectivity index (χ1n) is 8.38. The van der Waals surface area contributed by atoms with E-state index in [9.17, 15) is 4.79 Å². The van der Waals surface area contributed by atoms with E-state index < -0.39 is 0 Å². The van der Waals surface area contributed by atoms with Crippen LogP contribution in [0.1, 0.15) is 12.5 Å². The van der Waals surface area contributed by atoms with E-state index in [2.05, 4.69) is 31.9 Å². The number of rotatable bonds is 5. The van der Waals surface area contributed by atoms with Crippen molar-refractivity contribution in [3.05, 3.63) is 65.7 Å². The molecule has 4 rings (SSSR count). The first-order valence-corrected chi connectivity index (χ1v) is 9.26. The van der Waals surface area contributed by atoms with Crippen LogP contribution in [0.15, 0.2) is 65.2 Å². The van der Waals surface area contributed by atoms with Crippen LogP contribution in [0, 0.1) is 0 Å². The van der Waals surface area contributed by atoms with Gasteiger partial charge < -0.3 is 10.3 Å². The number of carbonyl (C=O) groups is 1. The number of aromatic amines is 1. The van der Waals surface area contributed by atoms with Gasteiger partial charge >= 0.3 is 0 Å². The number of aromatic nitrogens is 2. The van der Waals surface area contributed by atoms with Gasteiger partial charge in [0, 0.05) is 46.2 Å². The molecule has 0 spiro atoms. The van der Waals surface area contributed by atoms with Crippen LogP contribution in [0.25, 0.3) is 22.2 Å². The van der Waals surface area contributed by atoms with E-state index in [1.165, 1.54) is 18.3 Å². The summed E-state index contributed by atoms with van der Waals surface area (Å²) in [6, 6.07) is 15.7. The Labute approximate surface area is 160 Å². The summed E-state index contributed by atoms with van der Waals surface area (Å²) in [5.74, 6) is -0.0871. The van der Waals surface area contributed by atoms with Gasteiger partial charge in [0.15, 0.2) is 0 Å². The summed E-state index contributed by atoms with van der Waals surface area (Å²) in [4.78, 5) is 18.9. The number of anilines is 2. The molecule has 0 bridgehead atoms. The van der Waals surface area contributed by atoms with Gasteiger partial charge in [-0.1, -0.05) is 30.3 Å². The Hall–Kier alpha value is -3.45. The zero-order valence-corrected chi connectivity index (χ0v) is 15.4. The number of thiazole rings is 1. The largest absolute Gasteiger partial charge is 0.361 e. The summed E-state index contributed by atoms with van der Waals surface area (Å²) >= 11 is 1.49. The van der Waals surface area contributed by atoms with Gasteiger partial charge in [-0.2, -0.15) is 5.10 Å².